The van der Waals surface area contributed by atoms with Crippen LogP contribution < -0.4 is 5.32 Å². The molecule has 0 bridgehead atoms. The van der Waals surface area contributed by atoms with E-state index < -0.39 is 0 Å². The van der Waals surface area contributed by atoms with Crippen molar-refractivity contribution in [1.29, 1.82) is 0 Å². The predicted molar refractivity (Wildman–Crippen MR) is 80.1 cm³/mol. The van der Waals surface area contributed by atoms with Crippen LogP contribution in [0.25, 0.3) is 0 Å². The van der Waals surface area contributed by atoms with Gasteiger partial charge in [-0.1, -0.05) is 12.0 Å². The summed E-state index contributed by atoms with van der Waals surface area (Å²) >= 11 is 3.37. The van der Waals surface area contributed by atoms with E-state index in [-0.39, 0.29) is 5.91 Å². The average molecular weight is 317 g/mol. The van der Waals surface area contributed by atoms with Crippen LogP contribution in [0.4, 0.5) is 5.69 Å². The number of carbonyl (C=O) groups excluding carboxylic acids is 1. The van der Waals surface area contributed by atoms with E-state index in [1.807, 2.05) is 35.9 Å². The van der Waals surface area contributed by atoms with Crippen molar-refractivity contribution in [2.24, 2.45) is 0 Å². The van der Waals surface area contributed by atoms with E-state index >= 15 is 0 Å². The summed E-state index contributed by atoms with van der Waals surface area (Å²) in [4.78, 5) is 12.2. The third-order valence-electron chi connectivity index (χ3n) is 2.72. The number of anilines is 1. The molecular weight excluding hydrogens is 304 g/mol. The Morgan fingerprint density at radius 3 is 2.95 bits per heavy atom. The smallest absolute Gasteiger partial charge is 0.272 e. The van der Waals surface area contributed by atoms with E-state index in [1.54, 1.807) is 12.1 Å². The van der Waals surface area contributed by atoms with Crippen LogP contribution in [0.5, 0.6) is 0 Å². The Morgan fingerprint density at radius 1 is 1.47 bits per heavy atom. The molecule has 0 unspecified atom stereocenters. The molecule has 0 radical (unpaired) electrons. The number of aryl methyl sites for hydroxylation is 1. The number of nitrogens with zero attached hydrogens (tertiary/aromatic N) is 1. The summed E-state index contributed by atoms with van der Waals surface area (Å²) in [6, 6.07) is 9.02. The van der Waals surface area contributed by atoms with Crippen LogP contribution in [0.1, 0.15) is 23.0 Å². The molecule has 2 rings (SSSR count). The first-order valence-electron chi connectivity index (χ1n) is 5.87. The second-order valence-corrected chi connectivity index (χ2v) is 4.92. The number of rotatable bonds is 3. The van der Waals surface area contributed by atoms with Crippen LogP contribution in [-0.2, 0) is 6.54 Å². The van der Waals surface area contributed by atoms with Crippen LogP contribution in [0.2, 0.25) is 0 Å². The minimum atomic E-state index is -0.151. The maximum atomic E-state index is 12.2. The molecule has 19 heavy (non-hydrogen) atoms. The molecule has 96 valence electrons. The number of hydrogen-bond donors (Lipinski definition) is 1. The van der Waals surface area contributed by atoms with E-state index in [2.05, 4.69) is 27.2 Å². The number of amides is 1. The number of benzene rings is 1. The monoisotopic (exact) mass is 316 g/mol. The molecule has 0 fully saturated rings. The Kier molecular flexibility index (Phi) is 4.08. The highest BCUT2D eigenvalue weighted by Gasteiger charge is 2.12. The van der Waals surface area contributed by atoms with Crippen molar-refractivity contribution in [2.45, 2.75) is 13.5 Å². The molecule has 1 aromatic heterocycles. The van der Waals surface area contributed by atoms with E-state index in [9.17, 15) is 4.79 Å². The maximum absolute atomic E-state index is 12.2. The fraction of sp³-hybridized carbons (Fsp3) is 0.133. The summed E-state index contributed by atoms with van der Waals surface area (Å²) < 4.78 is 2.77. The highest BCUT2D eigenvalue weighted by atomic mass is 79.9. The second kappa shape index (κ2) is 5.77. The number of nitrogens with one attached hydrogen (secondary N) is 1. The van der Waals surface area contributed by atoms with Gasteiger partial charge in [0.25, 0.3) is 5.91 Å². The highest BCUT2D eigenvalue weighted by molar-refractivity contribution is 9.10. The van der Waals surface area contributed by atoms with Crippen LogP contribution in [0.3, 0.4) is 0 Å². The summed E-state index contributed by atoms with van der Waals surface area (Å²) in [7, 11) is 0. The number of carbonyl (C=O) groups is 1. The minimum absolute atomic E-state index is 0.151. The third kappa shape index (κ3) is 3.07. The Morgan fingerprint density at radius 2 is 2.26 bits per heavy atom. The van der Waals surface area contributed by atoms with Crippen molar-refractivity contribution < 1.29 is 4.79 Å². The molecule has 1 aromatic carbocycles. The van der Waals surface area contributed by atoms with Gasteiger partial charge in [-0.05, 0) is 47.1 Å². The molecule has 0 saturated heterocycles. The van der Waals surface area contributed by atoms with Crippen molar-refractivity contribution >= 4 is 27.5 Å². The lowest BCUT2D eigenvalue weighted by molar-refractivity contribution is 0.101. The Bertz CT molecular complexity index is 652. The zero-order chi connectivity index (χ0) is 13.8. The topological polar surface area (TPSA) is 34.0 Å². The van der Waals surface area contributed by atoms with Crippen molar-refractivity contribution in [3.63, 3.8) is 0 Å². The molecule has 1 N–H and O–H groups in total. The van der Waals surface area contributed by atoms with Crippen molar-refractivity contribution in [2.75, 3.05) is 5.32 Å². The van der Waals surface area contributed by atoms with Crippen LogP contribution >= 0.6 is 15.9 Å². The molecule has 0 atom stereocenters. The Balaban J connectivity index is 2.23. The van der Waals surface area contributed by atoms with Gasteiger partial charge in [-0.2, -0.15) is 0 Å². The summed E-state index contributed by atoms with van der Waals surface area (Å²) in [5.74, 6) is 2.39. The van der Waals surface area contributed by atoms with Crippen molar-refractivity contribution in [3.8, 4) is 12.3 Å². The van der Waals surface area contributed by atoms with Gasteiger partial charge in [0.05, 0.1) is 0 Å². The number of aromatic nitrogens is 1. The lowest BCUT2D eigenvalue weighted by Gasteiger charge is -2.08. The van der Waals surface area contributed by atoms with Gasteiger partial charge < -0.3 is 9.88 Å². The van der Waals surface area contributed by atoms with Crippen molar-refractivity contribution in [3.05, 3.63) is 52.3 Å². The molecule has 1 amide bonds. The fourth-order valence-corrected chi connectivity index (χ4v) is 2.27. The zero-order valence-electron chi connectivity index (χ0n) is 10.5. The normalized spacial score (nSPS) is 9.95. The van der Waals surface area contributed by atoms with E-state index in [0.717, 1.165) is 16.6 Å². The average Bonchev–Trinajstić information content (AvgIpc) is 2.80. The van der Waals surface area contributed by atoms with Gasteiger partial charge in [0, 0.05) is 28.5 Å². The molecule has 0 aliphatic heterocycles. The summed E-state index contributed by atoms with van der Waals surface area (Å²) in [6.07, 6.45) is 7.22. The van der Waals surface area contributed by atoms with Crippen LogP contribution in [0, 0.1) is 12.3 Å². The Labute approximate surface area is 120 Å². The van der Waals surface area contributed by atoms with Gasteiger partial charge >= 0.3 is 0 Å². The standard InChI is InChI=1S/C15H13BrN2O/c1-3-11-6-5-7-13(8-11)17-15(19)14-9-12(16)10-18(14)4-2/h1,5-10H,4H2,2H3,(H,17,19). The molecule has 0 spiro atoms. The first-order valence-corrected chi connectivity index (χ1v) is 6.67. The molecule has 4 heteroatoms. The van der Waals surface area contributed by atoms with E-state index in [1.165, 1.54) is 0 Å². The molecular formula is C15H13BrN2O. The number of halogens is 1. The summed E-state index contributed by atoms with van der Waals surface area (Å²) in [5, 5.41) is 2.84. The van der Waals surface area contributed by atoms with Gasteiger partial charge in [0.2, 0.25) is 0 Å². The molecule has 2 aromatic rings. The molecule has 1 heterocycles. The fourth-order valence-electron chi connectivity index (χ4n) is 1.81. The summed E-state index contributed by atoms with van der Waals surface area (Å²) in [5.41, 5.74) is 2.05. The quantitative estimate of drug-likeness (QED) is 0.864. The maximum Gasteiger partial charge on any atom is 0.272 e. The largest absolute Gasteiger partial charge is 0.343 e. The zero-order valence-corrected chi connectivity index (χ0v) is 12.1. The van der Waals surface area contributed by atoms with Gasteiger partial charge in [-0.3, -0.25) is 4.79 Å². The van der Waals surface area contributed by atoms with Gasteiger partial charge in [0.15, 0.2) is 0 Å². The lowest BCUT2D eigenvalue weighted by atomic mass is 10.2. The Hall–Kier alpha value is -1.99. The third-order valence-corrected chi connectivity index (χ3v) is 3.16. The van der Waals surface area contributed by atoms with Crippen molar-refractivity contribution in [1.82, 2.24) is 4.57 Å². The molecule has 0 aliphatic carbocycles. The first kappa shape index (κ1) is 13.4. The number of hydrogen-bond acceptors (Lipinski definition) is 1. The number of terminal acetylenes is 1. The second-order valence-electron chi connectivity index (χ2n) is 4.01. The van der Waals surface area contributed by atoms with Gasteiger partial charge in [-0.25, -0.2) is 0 Å². The molecule has 0 aliphatic rings. The van der Waals surface area contributed by atoms with Crippen LogP contribution in [-0.4, -0.2) is 10.5 Å². The van der Waals surface area contributed by atoms with Crippen LogP contribution in [0.15, 0.2) is 41.0 Å². The minimum Gasteiger partial charge on any atom is -0.343 e. The lowest BCUT2D eigenvalue weighted by Crippen LogP contribution is -2.16. The van der Waals surface area contributed by atoms with Gasteiger partial charge in [-0.15, -0.1) is 6.42 Å². The molecule has 3 nitrogen and oxygen atoms in total. The SMILES string of the molecule is C#Cc1cccc(NC(=O)c2cc(Br)cn2CC)c1. The highest BCUT2D eigenvalue weighted by Crippen LogP contribution is 2.17. The molecule has 0 saturated carbocycles. The first-order chi connectivity index (χ1) is 9.13. The van der Waals surface area contributed by atoms with Gasteiger partial charge in [0.1, 0.15) is 5.69 Å². The summed E-state index contributed by atoms with van der Waals surface area (Å²) in [6.45, 7) is 2.72. The predicted octanol–water partition coefficient (Wildman–Crippen LogP) is 3.50. The van der Waals surface area contributed by atoms with E-state index in [0.29, 0.717) is 11.4 Å². The van der Waals surface area contributed by atoms with E-state index in [4.69, 9.17) is 6.42 Å².